The average Bonchev–Trinajstić information content (AvgIpc) is 3.30. The summed E-state index contributed by atoms with van der Waals surface area (Å²) in [6.07, 6.45) is -0.935. The van der Waals surface area contributed by atoms with Gasteiger partial charge in [0.15, 0.2) is 0 Å². The van der Waals surface area contributed by atoms with E-state index in [4.69, 9.17) is 9.47 Å². The van der Waals surface area contributed by atoms with Gasteiger partial charge < -0.3 is 9.47 Å². The molecule has 14 heteroatoms. The van der Waals surface area contributed by atoms with Gasteiger partial charge in [0.05, 0.1) is 20.8 Å². The quantitative estimate of drug-likeness (QED) is 0.339. The van der Waals surface area contributed by atoms with Gasteiger partial charge in [0, 0.05) is 36.2 Å². The lowest BCUT2D eigenvalue weighted by Gasteiger charge is -2.19. The number of rotatable bonds is 7. The van der Waals surface area contributed by atoms with Crippen LogP contribution in [-0.4, -0.2) is 31.6 Å². The molecule has 1 unspecified atom stereocenters. The maximum atomic E-state index is 12.1. The second-order valence-corrected chi connectivity index (χ2v) is 7.38. The number of nitro groups is 3. The molecule has 1 aliphatic heterocycles. The van der Waals surface area contributed by atoms with Crippen LogP contribution in [-0.2, 0) is 9.53 Å². The number of benzene rings is 3. The van der Waals surface area contributed by atoms with E-state index in [0.717, 1.165) is 23.2 Å². The first-order valence-electron chi connectivity index (χ1n) is 10.1. The fourth-order valence-corrected chi connectivity index (χ4v) is 3.30. The van der Waals surface area contributed by atoms with Crippen LogP contribution in [0.2, 0.25) is 0 Å². The van der Waals surface area contributed by atoms with Crippen LogP contribution in [0.15, 0.2) is 71.8 Å². The number of hydrogen-bond donors (Lipinski definition) is 0. The van der Waals surface area contributed by atoms with Crippen LogP contribution in [0.3, 0.4) is 0 Å². The molecule has 0 bridgehead atoms. The van der Waals surface area contributed by atoms with Gasteiger partial charge >= 0.3 is 5.69 Å². The summed E-state index contributed by atoms with van der Waals surface area (Å²) in [5.74, 6) is -0.324. The fourth-order valence-electron chi connectivity index (χ4n) is 3.30. The summed E-state index contributed by atoms with van der Waals surface area (Å²) in [5.41, 5.74) is -0.204. The summed E-state index contributed by atoms with van der Waals surface area (Å²) in [4.78, 5) is 43.2. The number of carbonyl (C=O) groups is 1. The fraction of sp³-hybridized carbons (Fsp3) is 0.0909. The smallest absolute Gasteiger partial charge is 0.318 e. The molecule has 1 heterocycles. The normalized spacial score (nSPS) is 14.5. The van der Waals surface area contributed by atoms with Crippen molar-refractivity contribution in [2.75, 3.05) is 0 Å². The van der Waals surface area contributed by atoms with Gasteiger partial charge in [-0.2, -0.15) is 5.01 Å². The number of nitrogens with zero attached hydrogens (tertiary/aromatic N) is 5. The van der Waals surface area contributed by atoms with Crippen molar-refractivity contribution in [1.82, 2.24) is 5.01 Å². The Morgan fingerprint density at radius 1 is 0.889 bits per heavy atom. The molecule has 0 fully saturated rings. The molecule has 0 aliphatic carbocycles. The number of nitro benzene ring substituents is 3. The van der Waals surface area contributed by atoms with Gasteiger partial charge in [-0.3, -0.25) is 35.1 Å². The molecule has 1 aliphatic rings. The molecule has 0 radical (unpaired) electrons. The zero-order valence-corrected chi connectivity index (χ0v) is 18.3. The van der Waals surface area contributed by atoms with Crippen LogP contribution >= 0.6 is 0 Å². The molecule has 0 saturated carbocycles. The predicted molar refractivity (Wildman–Crippen MR) is 122 cm³/mol. The van der Waals surface area contributed by atoms with Crippen molar-refractivity contribution in [3.05, 3.63) is 108 Å². The van der Waals surface area contributed by atoms with E-state index in [2.05, 4.69) is 5.10 Å². The molecule has 3 aromatic carbocycles. The van der Waals surface area contributed by atoms with Crippen molar-refractivity contribution in [3.8, 4) is 11.5 Å². The minimum absolute atomic E-state index is 0.0897. The number of amides is 1. The molecule has 182 valence electrons. The summed E-state index contributed by atoms with van der Waals surface area (Å²) in [5, 5.41) is 38.4. The molecule has 1 amide bonds. The summed E-state index contributed by atoms with van der Waals surface area (Å²) in [6.45, 7) is 1.30. The Morgan fingerprint density at radius 3 is 2.06 bits per heavy atom. The second kappa shape index (κ2) is 9.46. The van der Waals surface area contributed by atoms with E-state index in [1.165, 1.54) is 43.3 Å². The second-order valence-electron chi connectivity index (χ2n) is 7.38. The van der Waals surface area contributed by atoms with E-state index in [9.17, 15) is 35.1 Å². The largest absolute Gasteiger partial charge is 0.450 e. The molecule has 14 nitrogen and oxygen atoms in total. The van der Waals surface area contributed by atoms with Crippen LogP contribution in [0.4, 0.5) is 17.1 Å². The highest BCUT2D eigenvalue weighted by atomic mass is 16.6. The number of ether oxygens (including phenoxy) is 2. The predicted octanol–water partition coefficient (Wildman–Crippen LogP) is 4.44. The van der Waals surface area contributed by atoms with Crippen LogP contribution in [0, 0.1) is 30.3 Å². The average molecular weight is 493 g/mol. The van der Waals surface area contributed by atoms with Crippen molar-refractivity contribution in [2.24, 2.45) is 5.10 Å². The molecule has 3 aromatic rings. The third-order valence-corrected chi connectivity index (χ3v) is 5.03. The van der Waals surface area contributed by atoms with E-state index in [1.54, 1.807) is 12.1 Å². The van der Waals surface area contributed by atoms with Gasteiger partial charge in [-0.05, 0) is 42.5 Å². The first kappa shape index (κ1) is 23.7. The van der Waals surface area contributed by atoms with Crippen molar-refractivity contribution in [3.63, 3.8) is 0 Å². The topological polar surface area (TPSA) is 181 Å². The Kier molecular flexibility index (Phi) is 6.24. The van der Waals surface area contributed by atoms with Crippen LogP contribution in [0.25, 0.3) is 0 Å². The van der Waals surface area contributed by atoms with Gasteiger partial charge in [-0.25, -0.2) is 0 Å². The van der Waals surface area contributed by atoms with Gasteiger partial charge in [0.2, 0.25) is 23.8 Å². The number of carbonyl (C=O) groups excluding carboxylic acids is 1. The van der Waals surface area contributed by atoms with Crippen molar-refractivity contribution in [1.29, 1.82) is 0 Å². The molecular weight excluding hydrogens is 478 g/mol. The zero-order valence-electron chi connectivity index (χ0n) is 18.3. The van der Waals surface area contributed by atoms with Gasteiger partial charge in [-0.1, -0.05) is 0 Å². The summed E-state index contributed by atoms with van der Waals surface area (Å²) in [6, 6.07) is 14.6. The van der Waals surface area contributed by atoms with Crippen molar-refractivity contribution < 1.29 is 29.0 Å². The van der Waals surface area contributed by atoms with E-state index in [0.29, 0.717) is 11.1 Å². The summed E-state index contributed by atoms with van der Waals surface area (Å²) < 4.78 is 11.4. The van der Waals surface area contributed by atoms with E-state index < -0.39 is 38.3 Å². The van der Waals surface area contributed by atoms with Crippen molar-refractivity contribution >= 4 is 28.9 Å². The van der Waals surface area contributed by atoms with Crippen LogP contribution in [0.5, 0.6) is 11.5 Å². The minimum atomic E-state index is -0.935. The van der Waals surface area contributed by atoms with E-state index in [1.807, 2.05) is 0 Å². The lowest BCUT2D eigenvalue weighted by molar-refractivity contribution is -0.394. The maximum absolute atomic E-state index is 12.1. The van der Waals surface area contributed by atoms with Crippen LogP contribution < -0.4 is 4.74 Å². The molecule has 36 heavy (non-hydrogen) atoms. The standard InChI is InChI=1S/C22H15N5O9/c1-13(28)24-22(36-21(23-24)14-2-6-16(7-3-14)25(29)30)15-4-9-18(10-5-15)35-20-11-8-17(26(31)32)12-19(20)27(33)34/h2-12,22H,1H3. The lowest BCUT2D eigenvalue weighted by atomic mass is 10.1. The van der Waals surface area contributed by atoms with Gasteiger partial charge in [0.1, 0.15) is 5.75 Å². The number of hydrazone groups is 1. The van der Waals surface area contributed by atoms with E-state index >= 15 is 0 Å². The summed E-state index contributed by atoms with van der Waals surface area (Å²) >= 11 is 0. The molecule has 1 atom stereocenters. The molecule has 0 N–H and O–H groups in total. The molecule has 0 saturated heterocycles. The van der Waals surface area contributed by atoms with Gasteiger partial charge in [-0.15, -0.1) is 5.10 Å². The maximum Gasteiger partial charge on any atom is 0.318 e. The highest BCUT2D eigenvalue weighted by molar-refractivity contribution is 5.96. The Hall–Kier alpha value is -5.40. The third-order valence-electron chi connectivity index (χ3n) is 5.03. The van der Waals surface area contributed by atoms with Gasteiger partial charge in [0.25, 0.3) is 11.4 Å². The highest BCUT2D eigenvalue weighted by Crippen LogP contribution is 2.36. The molecule has 0 spiro atoms. The third kappa shape index (κ3) is 4.77. The molecule has 0 aromatic heterocycles. The minimum Gasteiger partial charge on any atom is -0.450 e. The Labute approximate surface area is 201 Å². The Morgan fingerprint density at radius 2 is 1.50 bits per heavy atom. The first-order chi connectivity index (χ1) is 17.1. The Bertz CT molecular complexity index is 1400. The van der Waals surface area contributed by atoms with Crippen LogP contribution in [0.1, 0.15) is 24.3 Å². The zero-order chi connectivity index (χ0) is 26.0. The molecule has 4 rings (SSSR count). The summed E-state index contributed by atoms with van der Waals surface area (Å²) in [7, 11) is 0. The van der Waals surface area contributed by atoms with Crippen molar-refractivity contribution in [2.45, 2.75) is 13.2 Å². The SMILES string of the molecule is CC(=O)N1N=C(c2ccc([N+](=O)[O-])cc2)OC1c1ccc(Oc2ccc([N+](=O)[O-])cc2[N+](=O)[O-])cc1. The number of non-ortho nitro benzene ring substituents is 2. The highest BCUT2D eigenvalue weighted by Gasteiger charge is 2.33. The first-order valence-corrected chi connectivity index (χ1v) is 10.1. The monoisotopic (exact) mass is 493 g/mol. The van der Waals surface area contributed by atoms with E-state index in [-0.39, 0.29) is 23.1 Å². The lowest BCUT2D eigenvalue weighted by Crippen LogP contribution is -2.25. The number of hydrogen-bond acceptors (Lipinski definition) is 10. The molecular formula is C22H15N5O9. The Balaban J connectivity index is 1.55.